The number of nitrogens with two attached hydrogens (primary N) is 1. The van der Waals surface area contributed by atoms with Crippen LogP contribution in [0.5, 0.6) is 0 Å². The molecule has 1 amide bonds. The average Bonchev–Trinajstić information content (AvgIpc) is 2.46. The predicted octanol–water partition coefficient (Wildman–Crippen LogP) is 2.22. The number of anilines is 1. The van der Waals surface area contributed by atoms with Crippen LogP contribution in [0, 0.1) is 0 Å². The first kappa shape index (κ1) is 16.9. The molecule has 20 heavy (non-hydrogen) atoms. The van der Waals surface area contributed by atoms with Crippen molar-refractivity contribution in [2.24, 2.45) is 5.73 Å². The Kier molecular flexibility index (Phi) is 7.47. The van der Waals surface area contributed by atoms with Crippen LogP contribution in [-0.4, -0.2) is 31.8 Å². The van der Waals surface area contributed by atoms with Crippen LogP contribution in [-0.2, 0) is 11.3 Å². The molecule has 0 spiro atoms. The van der Waals surface area contributed by atoms with E-state index in [1.54, 1.807) is 18.8 Å². The Labute approximate surface area is 126 Å². The number of nitrogens with zero attached hydrogens (tertiary/aromatic N) is 1. The summed E-state index contributed by atoms with van der Waals surface area (Å²) in [5, 5.41) is 2.68. The summed E-state index contributed by atoms with van der Waals surface area (Å²) >= 11 is 1.79. The standard InChI is InChI=1S/C15H25N3OS/c1-4-9-18(11-15(19)17-3)13-7-6-8-14(20-5-2)12(13)10-16/h6-8H,4-5,9-11,16H2,1-3H3,(H,17,19). The zero-order valence-corrected chi connectivity index (χ0v) is 13.4. The van der Waals surface area contributed by atoms with Gasteiger partial charge in [0.25, 0.3) is 0 Å². The molecule has 1 aromatic rings. The number of benzene rings is 1. The predicted molar refractivity (Wildman–Crippen MR) is 87.3 cm³/mol. The third-order valence-electron chi connectivity index (χ3n) is 3.06. The summed E-state index contributed by atoms with van der Waals surface area (Å²) in [5.74, 6) is 1.04. The van der Waals surface area contributed by atoms with Gasteiger partial charge in [-0.15, -0.1) is 11.8 Å². The molecule has 4 nitrogen and oxygen atoms in total. The van der Waals surface area contributed by atoms with Crippen LogP contribution in [0.15, 0.2) is 23.1 Å². The summed E-state index contributed by atoms with van der Waals surface area (Å²) < 4.78 is 0. The first-order chi connectivity index (χ1) is 9.67. The second-order valence-electron chi connectivity index (χ2n) is 4.49. The Morgan fingerprint density at radius 3 is 2.70 bits per heavy atom. The van der Waals surface area contributed by atoms with E-state index in [2.05, 4.69) is 36.2 Å². The third-order valence-corrected chi connectivity index (χ3v) is 4.04. The monoisotopic (exact) mass is 295 g/mol. The topological polar surface area (TPSA) is 58.4 Å². The smallest absolute Gasteiger partial charge is 0.239 e. The molecule has 1 aromatic carbocycles. The molecule has 0 unspecified atom stereocenters. The Balaban J connectivity index is 3.11. The number of nitrogens with one attached hydrogen (secondary N) is 1. The molecule has 0 saturated heterocycles. The van der Waals surface area contributed by atoms with Crippen molar-refractivity contribution in [2.75, 3.05) is 30.8 Å². The maximum Gasteiger partial charge on any atom is 0.239 e. The highest BCUT2D eigenvalue weighted by atomic mass is 32.2. The van der Waals surface area contributed by atoms with E-state index in [0.29, 0.717) is 13.1 Å². The highest BCUT2D eigenvalue weighted by molar-refractivity contribution is 7.99. The number of likely N-dealkylation sites (N-methyl/N-ethyl adjacent to an activating group) is 1. The van der Waals surface area contributed by atoms with Crippen LogP contribution in [0.2, 0.25) is 0 Å². The molecule has 0 aliphatic carbocycles. The lowest BCUT2D eigenvalue weighted by atomic mass is 10.1. The van der Waals surface area contributed by atoms with Gasteiger partial charge in [-0.3, -0.25) is 4.79 Å². The van der Waals surface area contributed by atoms with E-state index in [1.807, 2.05) is 6.07 Å². The van der Waals surface area contributed by atoms with Crippen molar-refractivity contribution in [3.8, 4) is 0 Å². The normalized spacial score (nSPS) is 10.4. The first-order valence-corrected chi connectivity index (χ1v) is 8.06. The van der Waals surface area contributed by atoms with Crippen molar-refractivity contribution in [3.05, 3.63) is 23.8 Å². The Hall–Kier alpha value is -1.20. The zero-order chi connectivity index (χ0) is 15.0. The number of amides is 1. The number of hydrogen-bond acceptors (Lipinski definition) is 4. The molecule has 112 valence electrons. The van der Waals surface area contributed by atoms with Gasteiger partial charge in [-0.05, 0) is 24.3 Å². The van der Waals surface area contributed by atoms with E-state index >= 15 is 0 Å². The molecular formula is C15H25N3OS. The maximum absolute atomic E-state index is 11.7. The van der Waals surface area contributed by atoms with Crippen LogP contribution >= 0.6 is 11.8 Å². The summed E-state index contributed by atoms with van der Waals surface area (Å²) in [7, 11) is 1.67. The number of carbonyl (C=O) groups is 1. The van der Waals surface area contributed by atoms with Gasteiger partial charge < -0.3 is 16.0 Å². The average molecular weight is 295 g/mol. The van der Waals surface area contributed by atoms with E-state index in [9.17, 15) is 4.79 Å². The summed E-state index contributed by atoms with van der Waals surface area (Å²) in [6.45, 7) is 5.96. The van der Waals surface area contributed by atoms with E-state index in [0.717, 1.165) is 30.0 Å². The van der Waals surface area contributed by atoms with Crippen molar-refractivity contribution in [2.45, 2.75) is 31.7 Å². The number of hydrogen-bond donors (Lipinski definition) is 2. The van der Waals surface area contributed by atoms with Crippen LogP contribution in [0.1, 0.15) is 25.8 Å². The molecule has 5 heteroatoms. The molecule has 0 bridgehead atoms. The zero-order valence-electron chi connectivity index (χ0n) is 12.6. The summed E-state index contributed by atoms with van der Waals surface area (Å²) in [6.07, 6.45) is 0.992. The Morgan fingerprint density at radius 2 is 2.15 bits per heavy atom. The lowest BCUT2D eigenvalue weighted by Gasteiger charge is -2.27. The second-order valence-corrected chi connectivity index (χ2v) is 5.79. The molecule has 0 heterocycles. The van der Waals surface area contributed by atoms with Crippen molar-refractivity contribution in [3.63, 3.8) is 0 Å². The maximum atomic E-state index is 11.7. The van der Waals surface area contributed by atoms with Gasteiger partial charge in [0.05, 0.1) is 6.54 Å². The molecular weight excluding hydrogens is 270 g/mol. The van der Waals surface area contributed by atoms with E-state index in [1.165, 1.54) is 4.90 Å². The Bertz CT molecular complexity index is 437. The lowest BCUT2D eigenvalue weighted by molar-refractivity contribution is -0.119. The van der Waals surface area contributed by atoms with Crippen LogP contribution in [0.3, 0.4) is 0 Å². The highest BCUT2D eigenvalue weighted by Gasteiger charge is 2.15. The van der Waals surface area contributed by atoms with Crippen LogP contribution in [0.4, 0.5) is 5.69 Å². The number of thioether (sulfide) groups is 1. The van der Waals surface area contributed by atoms with Crippen molar-refractivity contribution in [1.29, 1.82) is 0 Å². The van der Waals surface area contributed by atoms with Crippen molar-refractivity contribution >= 4 is 23.4 Å². The minimum absolute atomic E-state index is 0.0231. The van der Waals surface area contributed by atoms with E-state index < -0.39 is 0 Å². The van der Waals surface area contributed by atoms with Gasteiger partial charge in [0.15, 0.2) is 0 Å². The van der Waals surface area contributed by atoms with Gasteiger partial charge >= 0.3 is 0 Å². The quantitative estimate of drug-likeness (QED) is 0.722. The van der Waals surface area contributed by atoms with E-state index in [4.69, 9.17) is 5.73 Å². The summed E-state index contributed by atoms with van der Waals surface area (Å²) in [5.41, 5.74) is 8.15. The molecule has 0 fully saturated rings. The molecule has 0 atom stereocenters. The second kappa shape index (κ2) is 8.87. The largest absolute Gasteiger partial charge is 0.362 e. The molecule has 0 radical (unpaired) electrons. The molecule has 3 N–H and O–H groups in total. The molecule has 1 rings (SSSR count). The first-order valence-electron chi connectivity index (χ1n) is 7.08. The molecule has 0 aliphatic heterocycles. The third kappa shape index (κ3) is 4.42. The van der Waals surface area contributed by atoms with Gasteiger partial charge in [-0.1, -0.05) is 19.9 Å². The van der Waals surface area contributed by atoms with Gasteiger partial charge in [0.1, 0.15) is 0 Å². The van der Waals surface area contributed by atoms with E-state index in [-0.39, 0.29) is 5.91 Å². The number of rotatable bonds is 8. The van der Waals surface area contributed by atoms with Gasteiger partial charge in [-0.25, -0.2) is 0 Å². The minimum Gasteiger partial charge on any atom is -0.362 e. The molecule has 0 aromatic heterocycles. The summed E-state index contributed by atoms with van der Waals surface area (Å²) in [6, 6.07) is 6.20. The van der Waals surface area contributed by atoms with Gasteiger partial charge in [-0.2, -0.15) is 0 Å². The highest BCUT2D eigenvalue weighted by Crippen LogP contribution is 2.30. The van der Waals surface area contributed by atoms with Crippen molar-refractivity contribution < 1.29 is 4.79 Å². The minimum atomic E-state index is 0.0231. The number of carbonyl (C=O) groups excluding carboxylic acids is 1. The van der Waals surface area contributed by atoms with Crippen molar-refractivity contribution in [1.82, 2.24) is 5.32 Å². The van der Waals surface area contributed by atoms with Gasteiger partial charge in [0, 0.05) is 36.3 Å². The fourth-order valence-corrected chi connectivity index (χ4v) is 3.00. The fraction of sp³-hybridized carbons (Fsp3) is 0.533. The Morgan fingerprint density at radius 1 is 1.40 bits per heavy atom. The van der Waals surface area contributed by atoms with Crippen LogP contribution in [0.25, 0.3) is 0 Å². The lowest BCUT2D eigenvalue weighted by Crippen LogP contribution is -2.36. The van der Waals surface area contributed by atoms with Crippen LogP contribution < -0.4 is 16.0 Å². The fourth-order valence-electron chi connectivity index (χ4n) is 2.15. The molecule has 0 saturated carbocycles. The van der Waals surface area contributed by atoms with Gasteiger partial charge in [0.2, 0.25) is 5.91 Å². The SMILES string of the molecule is CCCN(CC(=O)NC)c1cccc(SCC)c1CN. The molecule has 0 aliphatic rings. The summed E-state index contributed by atoms with van der Waals surface area (Å²) in [4.78, 5) is 15.0.